The molecule has 0 saturated heterocycles. The van der Waals surface area contributed by atoms with Crippen LogP contribution in [-0.4, -0.2) is 13.2 Å². The van der Waals surface area contributed by atoms with Gasteiger partial charge in [-0.05, 0) is 59.6 Å². The molecule has 0 spiro atoms. The summed E-state index contributed by atoms with van der Waals surface area (Å²) in [5, 5.41) is 0. The summed E-state index contributed by atoms with van der Waals surface area (Å²) in [5.74, 6) is 3.05. The van der Waals surface area contributed by atoms with Crippen molar-refractivity contribution in [2.24, 2.45) is 5.73 Å². The molecule has 0 aliphatic carbocycles. The van der Waals surface area contributed by atoms with Crippen molar-refractivity contribution in [1.82, 2.24) is 0 Å². The summed E-state index contributed by atoms with van der Waals surface area (Å²) in [7, 11) is 1.63. The second kappa shape index (κ2) is 7.00. The van der Waals surface area contributed by atoms with Crippen LogP contribution in [0.2, 0.25) is 0 Å². The normalized spacial score (nSPS) is 13.8. The predicted molar refractivity (Wildman–Crippen MR) is 85.8 cm³/mol. The van der Waals surface area contributed by atoms with Crippen LogP contribution < -0.4 is 15.2 Å². The summed E-state index contributed by atoms with van der Waals surface area (Å²) in [5.41, 5.74) is 6.19. The molecule has 114 valence electrons. The number of hydrogen-bond acceptors (Lipinski definition) is 4. The quantitative estimate of drug-likeness (QED) is 0.844. The molecular formula is C16H20BrNO3. The lowest BCUT2D eigenvalue weighted by Gasteiger charge is -2.23. The van der Waals surface area contributed by atoms with Gasteiger partial charge in [-0.2, -0.15) is 0 Å². The van der Waals surface area contributed by atoms with E-state index in [2.05, 4.69) is 15.9 Å². The van der Waals surface area contributed by atoms with Crippen molar-refractivity contribution >= 4 is 15.9 Å². The lowest BCUT2D eigenvalue weighted by molar-refractivity contribution is 0.142. The van der Waals surface area contributed by atoms with E-state index in [0.29, 0.717) is 5.75 Å². The lowest BCUT2D eigenvalue weighted by Crippen LogP contribution is -2.31. The van der Waals surface area contributed by atoms with E-state index >= 15 is 0 Å². The van der Waals surface area contributed by atoms with Crippen LogP contribution in [0.15, 0.2) is 39.2 Å². The Morgan fingerprint density at radius 3 is 2.57 bits per heavy atom. The van der Waals surface area contributed by atoms with Gasteiger partial charge in [-0.15, -0.1) is 0 Å². The van der Waals surface area contributed by atoms with Crippen LogP contribution in [0.1, 0.15) is 31.0 Å². The zero-order valence-electron chi connectivity index (χ0n) is 12.4. The van der Waals surface area contributed by atoms with Crippen LogP contribution >= 0.6 is 15.9 Å². The smallest absolute Gasteiger partial charge is 0.171 e. The van der Waals surface area contributed by atoms with Gasteiger partial charge in [0.2, 0.25) is 0 Å². The van der Waals surface area contributed by atoms with Crippen LogP contribution in [0.3, 0.4) is 0 Å². The zero-order valence-corrected chi connectivity index (χ0v) is 14.0. The van der Waals surface area contributed by atoms with E-state index in [4.69, 9.17) is 19.6 Å². The molecule has 2 unspecified atom stereocenters. The van der Waals surface area contributed by atoms with Crippen LogP contribution in [0, 0.1) is 6.92 Å². The second-order valence-electron chi connectivity index (χ2n) is 4.86. The maximum Gasteiger partial charge on any atom is 0.171 e. The summed E-state index contributed by atoms with van der Waals surface area (Å²) in [6.07, 6.45) is 0.464. The van der Waals surface area contributed by atoms with Gasteiger partial charge in [-0.25, -0.2) is 0 Å². The number of ether oxygens (including phenoxy) is 2. The Morgan fingerprint density at radius 1 is 1.29 bits per heavy atom. The third-order valence-corrected chi connectivity index (χ3v) is 3.91. The molecule has 4 nitrogen and oxygen atoms in total. The van der Waals surface area contributed by atoms with Crippen LogP contribution in [0.4, 0.5) is 0 Å². The van der Waals surface area contributed by atoms with Crippen LogP contribution in [0.25, 0.3) is 0 Å². The molecule has 1 aromatic heterocycles. The minimum Gasteiger partial charge on any atom is -0.497 e. The van der Waals surface area contributed by atoms with Crippen molar-refractivity contribution < 1.29 is 13.9 Å². The van der Waals surface area contributed by atoms with E-state index in [0.717, 1.165) is 28.2 Å². The molecule has 2 atom stereocenters. The molecule has 1 heterocycles. The summed E-state index contributed by atoms with van der Waals surface area (Å²) < 4.78 is 17.8. The maximum atomic E-state index is 6.19. The molecule has 0 bridgehead atoms. The minimum atomic E-state index is -0.326. The third-order valence-electron chi connectivity index (χ3n) is 3.29. The Kier molecular flexibility index (Phi) is 5.31. The van der Waals surface area contributed by atoms with Gasteiger partial charge in [0.25, 0.3) is 0 Å². The molecule has 1 aromatic carbocycles. The number of aryl methyl sites for hydroxylation is 1. The molecule has 21 heavy (non-hydrogen) atoms. The molecule has 5 heteroatoms. The van der Waals surface area contributed by atoms with Gasteiger partial charge in [-0.1, -0.05) is 6.92 Å². The first-order chi connectivity index (χ1) is 10.0. The van der Waals surface area contributed by atoms with Gasteiger partial charge in [0.05, 0.1) is 11.6 Å². The van der Waals surface area contributed by atoms with Gasteiger partial charge < -0.3 is 19.6 Å². The van der Waals surface area contributed by atoms with Crippen LogP contribution in [0.5, 0.6) is 11.5 Å². The highest BCUT2D eigenvalue weighted by molar-refractivity contribution is 9.10. The summed E-state index contributed by atoms with van der Waals surface area (Å²) in [4.78, 5) is 0. The molecule has 2 aromatic rings. The largest absolute Gasteiger partial charge is 0.497 e. The van der Waals surface area contributed by atoms with Gasteiger partial charge in [0, 0.05) is 6.04 Å². The zero-order chi connectivity index (χ0) is 15.4. The fourth-order valence-corrected chi connectivity index (χ4v) is 2.47. The van der Waals surface area contributed by atoms with Crippen molar-refractivity contribution in [3.05, 3.63) is 46.3 Å². The fraction of sp³-hybridized carbons (Fsp3) is 0.375. The summed E-state index contributed by atoms with van der Waals surface area (Å²) in [6, 6.07) is 9.24. The summed E-state index contributed by atoms with van der Waals surface area (Å²) in [6.45, 7) is 3.93. The number of benzene rings is 1. The Hall–Kier alpha value is -1.46. The SMILES string of the molecule is CCC(N)C(Oc1ccc(OC)cc1Br)c1ccc(C)o1. The fourth-order valence-electron chi connectivity index (χ4n) is 2.02. The monoisotopic (exact) mass is 353 g/mol. The lowest BCUT2D eigenvalue weighted by atomic mass is 10.1. The highest BCUT2D eigenvalue weighted by Crippen LogP contribution is 2.34. The average Bonchev–Trinajstić information content (AvgIpc) is 2.91. The topological polar surface area (TPSA) is 57.6 Å². The van der Waals surface area contributed by atoms with Crippen molar-refractivity contribution in [2.45, 2.75) is 32.4 Å². The first kappa shape index (κ1) is 15.9. The van der Waals surface area contributed by atoms with E-state index in [1.165, 1.54) is 0 Å². The van der Waals surface area contributed by atoms with E-state index in [-0.39, 0.29) is 12.1 Å². The Morgan fingerprint density at radius 2 is 2.05 bits per heavy atom. The Balaban J connectivity index is 2.27. The number of nitrogens with two attached hydrogens (primary N) is 1. The minimum absolute atomic E-state index is 0.149. The predicted octanol–water partition coefficient (Wildman–Crippen LogP) is 4.22. The Bertz CT molecular complexity index is 597. The number of rotatable bonds is 6. The van der Waals surface area contributed by atoms with Crippen molar-refractivity contribution in [2.75, 3.05) is 7.11 Å². The molecule has 0 fully saturated rings. The average molecular weight is 354 g/mol. The van der Waals surface area contributed by atoms with E-state index < -0.39 is 0 Å². The molecule has 0 saturated carbocycles. The van der Waals surface area contributed by atoms with E-state index in [1.807, 2.05) is 44.2 Å². The number of hydrogen-bond donors (Lipinski definition) is 1. The van der Waals surface area contributed by atoms with Gasteiger partial charge in [-0.3, -0.25) is 0 Å². The Labute approximate surface area is 133 Å². The molecule has 2 N–H and O–H groups in total. The maximum absolute atomic E-state index is 6.19. The summed E-state index contributed by atoms with van der Waals surface area (Å²) >= 11 is 3.49. The molecule has 2 rings (SSSR count). The number of furan rings is 1. The third kappa shape index (κ3) is 3.80. The first-order valence-electron chi connectivity index (χ1n) is 6.87. The number of halogens is 1. The molecule has 0 aliphatic heterocycles. The van der Waals surface area contributed by atoms with Crippen molar-refractivity contribution in [3.63, 3.8) is 0 Å². The van der Waals surface area contributed by atoms with Crippen molar-refractivity contribution in [3.8, 4) is 11.5 Å². The molecule has 0 amide bonds. The van der Waals surface area contributed by atoms with Crippen LogP contribution in [-0.2, 0) is 0 Å². The van der Waals surface area contributed by atoms with Crippen molar-refractivity contribution in [1.29, 1.82) is 0 Å². The standard InChI is InChI=1S/C16H20BrNO3/c1-4-13(18)16(15-7-5-10(2)20-15)21-14-8-6-11(19-3)9-12(14)17/h5-9,13,16H,4,18H2,1-3H3. The molecule has 0 radical (unpaired) electrons. The number of methoxy groups -OCH3 is 1. The highest BCUT2D eigenvalue weighted by atomic mass is 79.9. The molecular weight excluding hydrogens is 334 g/mol. The van der Waals surface area contributed by atoms with Gasteiger partial charge in [0.15, 0.2) is 6.10 Å². The van der Waals surface area contributed by atoms with Gasteiger partial charge >= 0.3 is 0 Å². The van der Waals surface area contributed by atoms with Gasteiger partial charge in [0.1, 0.15) is 23.0 Å². The first-order valence-corrected chi connectivity index (χ1v) is 7.66. The molecule has 0 aliphatic rings. The van der Waals surface area contributed by atoms with E-state index in [9.17, 15) is 0 Å². The highest BCUT2D eigenvalue weighted by Gasteiger charge is 2.24. The van der Waals surface area contributed by atoms with E-state index in [1.54, 1.807) is 7.11 Å². The second-order valence-corrected chi connectivity index (χ2v) is 5.71.